The van der Waals surface area contributed by atoms with Crippen LogP contribution in [0.3, 0.4) is 0 Å². The van der Waals surface area contributed by atoms with Gasteiger partial charge in [0.15, 0.2) is 0 Å². The number of rotatable bonds is 0. The van der Waals surface area contributed by atoms with Crippen LogP contribution in [0, 0.1) is 0 Å². The molecule has 0 rings (SSSR count). The molecule has 0 aromatic rings. The Bertz CT molecular complexity index is 98.1. The second kappa shape index (κ2) is 5.10. The number of hydrogen-bond acceptors (Lipinski definition) is 3. The Hall–Kier alpha value is 0.957. The molecule has 40 valence electrons. The van der Waals surface area contributed by atoms with E-state index in [2.05, 4.69) is 0 Å². The predicted octanol–water partition coefficient (Wildman–Crippen LogP) is -3.58. The van der Waals surface area contributed by atoms with E-state index in [-0.39, 0.29) is 35.9 Å². The van der Waals surface area contributed by atoms with Crippen molar-refractivity contribution in [3.63, 3.8) is 0 Å². The van der Waals surface area contributed by atoms with E-state index in [1.165, 1.54) is 0 Å². The summed E-state index contributed by atoms with van der Waals surface area (Å²) in [6.07, 6.45) is 0. The van der Waals surface area contributed by atoms with E-state index in [1.807, 2.05) is 0 Å². The number of hydrogen-bond donors (Lipinski definition) is 0. The Morgan fingerprint density at radius 2 is 1.43 bits per heavy atom. The Morgan fingerprint density at radius 1 is 1.43 bits per heavy atom. The third kappa shape index (κ3) is 187. The van der Waals surface area contributed by atoms with Crippen molar-refractivity contribution in [2.24, 2.45) is 0 Å². The summed E-state index contributed by atoms with van der Waals surface area (Å²) in [7, 11) is -5.42. The standard InChI is InChI=1S/FHO3S.Fe.Li/c1-5(2,3)4;;/h(H,2,3,4);;/q;;+1/p-1. The van der Waals surface area contributed by atoms with Gasteiger partial charge in [0.05, 0.1) is 0 Å². The van der Waals surface area contributed by atoms with Crippen LogP contribution in [0.2, 0.25) is 0 Å². The molecule has 0 fully saturated rings. The first-order chi connectivity index (χ1) is 2.00. The second-order valence-corrected chi connectivity index (χ2v) is 1.18. The normalized spacial score (nSPS) is 8.29. The third-order valence-corrected chi connectivity index (χ3v) is 0. The molecule has 3 nitrogen and oxygen atoms in total. The minimum Gasteiger partial charge on any atom is -0.722 e. The van der Waals surface area contributed by atoms with E-state index < -0.39 is 10.5 Å². The maximum atomic E-state index is 10.1. The minimum atomic E-state index is -5.42. The maximum Gasteiger partial charge on any atom is 1.00 e. The van der Waals surface area contributed by atoms with Crippen LogP contribution in [0.4, 0.5) is 3.89 Å². The van der Waals surface area contributed by atoms with Gasteiger partial charge in [0.1, 0.15) is 0 Å². The predicted molar refractivity (Wildman–Crippen MR) is 10.8 cm³/mol. The largest absolute Gasteiger partial charge is 1.00 e. The SMILES string of the molecule is O=S(=O)([O-])F.[Fe].[Li+]. The van der Waals surface area contributed by atoms with Gasteiger partial charge in [-0.1, -0.05) is 0 Å². The van der Waals surface area contributed by atoms with Crippen LogP contribution in [-0.4, -0.2) is 13.0 Å². The summed E-state index contributed by atoms with van der Waals surface area (Å²) in [4.78, 5) is 0. The Morgan fingerprint density at radius 3 is 1.43 bits per heavy atom. The van der Waals surface area contributed by atoms with Gasteiger partial charge >= 0.3 is 18.9 Å². The summed E-state index contributed by atoms with van der Waals surface area (Å²) in [5.74, 6) is 0. The average molecular weight is 162 g/mol. The first kappa shape index (κ1) is 15.7. The van der Waals surface area contributed by atoms with Crippen LogP contribution >= 0.6 is 0 Å². The molecule has 0 N–H and O–H groups in total. The van der Waals surface area contributed by atoms with Gasteiger partial charge in [-0.3, -0.25) is 0 Å². The van der Waals surface area contributed by atoms with Gasteiger partial charge in [-0.05, 0) is 0 Å². The summed E-state index contributed by atoms with van der Waals surface area (Å²) in [6.45, 7) is 0. The third-order valence-electron chi connectivity index (χ3n) is 0. The van der Waals surface area contributed by atoms with Crippen LogP contribution in [0.25, 0.3) is 0 Å². The molecule has 7 heavy (non-hydrogen) atoms. The van der Waals surface area contributed by atoms with E-state index in [4.69, 9.17) is 13.0 Å². The van der Waals surface area contributed by atoms with Crippen LogP contribution in [-0.2, 0) is 27.6 Å². The van der Waals surface area contributed by atoms with Gasteiger partial charge in [0.25, 0.3) is 10.5 Å². The molecule has 0 bridgehead atoms. The zero-order valence-corrected chi connectivity index (χ0v) is 5.29. The molecule has 0 aliphatic carbocycles. The van der Waals surface area contributed by atoms with E-state index >= 15 is 0 Å². The maximum absolute atomic E-state index is 10.1. The summed E-state index contributed by atoms with van der Waals surface area (Å²) >= 11 is 0. The molecule has 0 atom stereocenters. The van der Waals surface area contributed by atoms with Gasteiger partial charge < -0.3 is 4.55 Å². The summed E-state index contributed by atoms with van der Waals surface area (Å²) in [5.41, 5.74) is 0. The fraction of sp³-hybridized carbons (Fsp3) is 0. The molecule has 0 saturated heterocycles. The summed E-state index contributed by atoms with van der Waals surface area (Å²) in [5, 5.41) is 0. The van der Waals surface area contributed by atoms with Gasteiger partial charge in [0, 0.05) is 17.1 Å². The molecule has 0 heterocycles. The quantitative estimate of drug-likeness (QED) is 0.210. The van der Waals surface area contributed by atoms with E-state index in [0.717, 1.165) is 0 Å². The molecule has 0 saturated carbocycles. The summed E-state index contributed by atoms with van der Waals surface area (Å²) < 4.78 is 35.3. The van der Waals surface area contributed by atoms with Crippen molar-refractivity contribution in [1.29, 1.82) is 0 Å². The Labute approximate surface area is 63.4 Å². The zero-order chi connectivity index (χ0) is 4.50. The monoisotopic (exact) mass is 162 g/mol. The smallest absolute Gasteiger partial charge is 0.722 e. The van der Waals surface area contributed by atoms with Crippen molar-refractivity contribution >= 4 is 10.5 Å². The Kier molecular flexibility index (Phi) is 11.4. The van der Waals surface area contributed by atoms with Crippen LogP contribution in [0.1, 0.15) is 0 Å². The molecule has 0 aromatic carbocycles. The van der Waals surface area contributed by atoms with Gasteiger partial charge in [-0.15, -0.1) is 3.89 Å². The van der Waals surface area contributed by atoms with Crippen molar-refractivity contribution in [3.05, 3.63) is 0 Å². The molecule has 0 unspecified atom stereocenters. The van der Waals surface area contributed by atoms with Gasteiger partial charge in [-0.2, -0.15) is 0 Å². The summed E-state index contributed by atoms with van der Waals surface area (Å²) in [6, 6.07) is 0. The van der Waals surface area contributed by atoms with Crippen LogP contribution < -0.4 is 18.9 Å². The fourth-order valence-electron chi connectivity index (χ4n) is 0. The van der Waals surface area contributed by atoms with Gasteiger partial charge in [0.2, 0.25) is 0 Å². The molecule has 0 radical (unpaired) electrons. The molecular formula is FFeLiO3S. The molecule has 0 aromatic heterocycles. The topological polar surface area (TPSA) is 57.2 Å². The molecular weight excluding hydrogens is 162 g/mol. The zero-order valence-electron chi connectivity index (χ0n) is 3.36. The molecule has 0 spiro atoms. The molecule has 0 aliphatic rings. The van der Waals surface area contributed by atoms with E-state index in [1.54, 1.807) is 0 Å². The Balaban J connectivity index is -0.0000000800. The number of halogens is 1. The first-order valence-corrected chi connectivity index (χ1v) is 1.96. The molecule has 7 heteroatoms. The molecule has 0 aliphatic heterocycles. The van der Waals surface area contributed by atoms with Crippen molar-refractivity contribution in [3.8, 4) is 0 Å². The van der Waals surface area contributed by atoms with Crippen molar-refractivity contribution in [2.45, 2.75) is 0 Å². The van der Waals surface area contributed by atoms with E-state index in [9.17, 15) is 3.89 Å². The van der Waals surface area contributed by atoms with E-state index in [0.29, 0.717) is 0 Å². The van der Waals surface area contributed by atoms with Crippen LogP contribution in [0.5, 0.6) is 0 Å². The van der Waals surface area contributed by atoms with Crippen LogP contribution in [0.15, 0.2) is 0 Å². The van der Waals surface area contributed by atoms with Crippen molar-refractivity contribution in [1.82, 2.24) is 0 Å². The van der Waals surface area contributed by atoms with Crippen molar-refractivity contribution < 1.29 is 52.8 Å². The second-order valence-electron chi connectivity index (χ2n) is 0.393. The van der Waals surface area contributed by atoms with Gasteiger partial charge in [-0.25, -0.2) is 8.42 Å². The average Bonchev–Trinajstić information content (AvgIpc) is 0.722. The van der Waals surface area contributed by atoms with Crippen molar-refractivity contribution in [2.75, 3.05) is 0 Å². The fourth-order valence-corrected chi connectivity index (χ4v) is 0. The first-order valence-electron chi connectivity index (χ1n) is 0.654. The molecule has 0 amide bonds. The minimum absolute atomic E-state index is 0.